The number of hydrogen-bond donors (Lipinski definition) is 1. The van der Waals surface area contributed by atoms with Crippen LogP contribution in [0.3, 0.4) is 0 Å². The first-order chi connectivity index (χ1) is 13.9. The van der Waals surface area contributed by atoms with Crippen molar-refractivity contribution in [3.8, 4) is 5.75 Å². The summed E-state index contributed by atoms with van der Waals surface area (Å²) in [6.07, 6.45) is -5.75. The Morgan fingerprint density at radius 2 is 2.00 bits per heavy atom. The molecule has 30 heavy (non-hydrogen) atoms. The van der Waals surface area contributed by atoms with E-state index in [2.05, 4.69) is 15.9 Å². The molecule has 2 aromatic carbocycles. The summed E-state index contributed by atoms with van der Waals surface area (Å²) in [6.45, 7) is 1.37. The first-order valence-electron chi connectivity index (χ1n) is 8.77. The molecular weight excluding hydrogens is 491 g/mol. The van der Waals surface area contributed by atoms with Gasteiger partial charge < -0.3 is 9.84 Å². The van der Waals surface area contributed by atoms with Crippen LogP contribution in [-0.2, 0) is 21.0 Å². The van der Waals surface area contributed by atoms with Crippen LogP contribution in [0.5, 0.6) is 5.75 Å². The molecule has 1 aliphatic rings. The number of benzene rings is 2. The summed E-state index contributed by atoms with van der Waals surface area (Å²) in [6, 6.07) is 8.12. The average molecular weight is 508 g/mol. The number of carbonyl (C=O) groups is 1. The van der Waals surface area contributed by atoms with Gasteiger partial charge in [0, 0.05) is 10.4 Å². The van der Waals surface area contributed by atoms with Crippen LogP contribution in [0.15, 0.2) is 51.8 Å². The highest BCUT2D eigenvalue weighted by atomic mass is 79.9. The lowest BCUT2D eigenvalue weighted by Gasteiger charge is -2.37. The second-order valence-electron chi connectivity index (χ2n) is 6.91. The minimum Gasteiger partial charge on any atom is -0.486 e. The van der Waals surface area contributed by atoms with Crippen molar-refractivity contribution in [1.82, 2.24) is 0 Å². The maximum absolute atomic E-state index is 13.3. The van der Waals surface area contributed by atoms with E-state index < -0.39 is 44.6 Å². The third kappa shape index (κ3) is 4.56. The van der Waals surface area contributed by atoms with Crippen LogP contribution in [0.2, 0.25) is 0 Å². The number of nitrogens with zero attached hydrogens (tertiary/aromatic N) is 1. The number of hydrogen-bond acceptors (Lipinski definition) is 4. The Labute approximate surface area is 179 Å². The molecule has 1 unspecified atom stereocenters. The molecule has 0 aliphatic carbocycles. The van der Waals surface area contributed by atoms with Gasteiger partial charge in [-0.05, 0) is 36.4 Å². The zero-order valence-corrected chi connectivity index (χ0v) is 18.0. The fourth-order valence-electron chi connectivity index (χ4n) is 3.14. The summed E-state index contributed by atoms with van der Waals surface area (Å²) in [4.78, 5) is 10.6. The van der Waals surface area contributed by atoms with Gasteiger partial charge in [0.1, 0.15) is 11.9 Å². The van der Waals surface area contributed by atoms with E-state index in [-0.39, 0.29) is 24.4 Å². The Balaban J connectivity index is 2.08. The first-order valence-corrected chi connectivity index (χ1v) is 11.0. The highest BCUT2D eigenvalue weighted by molar-refractivity contribution is 9.10. The summed E-state index contributed by atoms with van der Waals surface area (Å²) < 4.78 is 73.2. The standard InChI is InChI=1S/C19H17BrF3NO5S/c1-11(7-18(25)26)17-10-24(15-9-13(20)5-6-16(15)29-17)30(27,28)14-4-2-3-12(8-14)19(21,22)23/h2-6,8-9,11,17H,7,10H2,1H3,(H,25,26)/t11?,17-/m1/s1. The average Bonchev–Trinajstić information content (AvgIpc) is 2.66. The number of sulfonamides is 1. The predicted molar refractivity (Wildman–Crippen MR) is 106 cm³/mol. The van der Waals surface area contributed by atoms with Crippen molar-refractivity contribution in [2.75, 3.05) is 10.8 Å². The molecule has 0 spiro atoms. The van der Waals surface area contributed by atoms with Gasteiger partial charge >= 0.3 is 12.1 Å². The van der Waals surface area contributed by atoms with Crippen LogP contribution in [0.25, 0.3) is 0 Å². The third-order valence-electron chi connectivity index (χ3n) is 4.69. The molecule has 0 saturated heterocycles. The predicted octanol–water partition coefficient (Wildman–Crippen LogP) is 4.54. The van der Waals surface area contributed by atoms with Crippen LogP contribution in [0.1, 0.15) is 18.9 Å². The lowest BCUT2D eigenvalue weighted by Crippen LogP contribution is -2.46. The van der Waals surface area contributed by atoms with Crippen LogP contribution < -0.4 is 9.04 Å². The van der Waals surface area contributed by atoms with Gasteiger partial charge in [-0.25, -0.2) is 8.42 Å². The van der Waals surface area contributed by atoms with Crippen LogP contribution in [0, 0.1) is 5.92 Å². The summed E-state index contributed by atoms with van der Waals surface area (Å²) >= 11 is 3.25. The van der Waals surface area contributed by atoms with E-state index in [9.17, 15) is 26.4 Å². The van der Waals surface area contributed by atoms with Crippen molar-refractivity contribution in [1.29, 1.82) is 0 Å². The largest absolute Gasteiger partial charge is 0.486 e. The van der Waals surface area contributed by atoms with Gasteiger partial charge in [-0.1, -0.05) is 28.9 Å². The second kappa shape index (κ2) is 8.10. The number of anilines is 1. The highest BCUT2D eigenvalue weighted by Gasteiger charge is 2.38. The SMILES string of the molecule is CC(CC(=O)O)[C@H]1CN(S(=O)(=O)c2cccc(C(F)(F)F)c2)c2cc(Br)ccc2O1. The zero-order chi connectivity index (χ0) is 22.3. The van der Waals surface area contributed by atoms with Gasteiger partial charge in [-0.3, -0.25) is 9.10 Å². The maximum atomic E-state index is 13.3. The molecule has 0 amide bonds. The molecule has 2 aromatic rings. The fourth-order valence-corrected chi connectivity index (χ4v) is 5.01. The molecule has 0 saturated carbocycles. The number of carboxylic acid groups (broad SMARTS) is 1. The third-order valence-corrected chi connectivity index (χ3v) is 6.96. The molecule has 1 heterocycles. The molecule has 11 heteroatoms. The van der Waals surface area contributed by atoms with E-state index in [0.29, 0.717) is 10.5 Å². The van der Waals surface area contributed by atoms with Gasteiger partial charge in [-0.2, -0.15) is 13.2 Å². The molecule has 3 rings (SSSR count). The minimum absolute atomic E-state index is 0.153. The summed E-state index contributed by atoms with van der Waals surface area (Å²) in [7, 11) is -4.38. The van der Waals surface area contributed by atoms with Crippen molar-refractivity contribution in [2.45, 2.75) is 30.5 Å². The molecular formula is C19H17BrF3NO5S. The quantitative estimate of drug-likeness (QED) is 0.642. The fraction of sp³-hybridized carbons (Fsp3) is 0.316. The number of aliphatic carboxylic acids is 1. The summed E-state index contributed by atoms with van der Waals surface area (Å²) in [5.41, 5.74) is -0.928. The number of ether oxygens (including phenoxy) is 1. The van der Waals surface area contributed by atoms with Gasteiger partial charge in [0.25, 0.3) is 10.0 Å². The van der Waals surface area contributed by atoms with Gasteiger partial charge in [-0.15, -0.1) is 0 Å². The number of alkyl halides is 3. The molecule has 0 bridgehead atoms. The highest BCUT2D eigenvalue weighted by Crippen LogP contribution is 2.41. The van der Waals surface area contributed by atoms with Crippen LogP contribution >= 0.6 is 15.9 Å². The monoisotopic (exact) mass is 507 g/mol. The van der Waals surface area contributed by atoms with E-state index in [1.54, 1.807) is 13.0 Å². The van der Waals surface area contributed by atoms with E-state index in [4.69, 9.17) is 9.84 Å². The molecule has 162 valence electrons. The first kappa shape index (κ1) is 22.4. The van der Waals surface area contributed by atoms with Crippen LogP contribution in [-0.4, -0.2) is 32.1 Å². The van der Waals surface area contributed by atoms with E-state index >= 15 is 0 Å². The molecule has 2 atom stereocenters. The van der Waals surface area contributed by atoms with Gasteiger partial charge in [0.2, 0.25) is 0 Å². The molecule has 0 aromatic heterocycles. The second-order valence-corrected chi connectivity index (χ2v) is 9.68. The zero-order valence-electron chi connectivity index (χ0n) is 15.6. The number of rotatable bonds is 5. The van der Waals surface area contributed by atoms with Crippen molar-refractivity contribution >= 4 is 37.6 Å². The number of halogens is 4. The van der Waals surface area contributed by atoms with Crippen molar-refractivity contribution < 1.29 is 36.2 Å². The Kier molecular flexibility index (Phi) is 6.06. The molecule has 1 aliphatic heterocycles. The van der Waals surface area contributed by atoms with Gasteiger partial charge in [0.05, 0.1) is 29.1 Å². The molecule has 1 N–H and O–H groups in total. The van der Waals surface area contributed by atoms with Gasteiger partial charge in [0.15, 0.2) is 0 Å². The Bertz CT molecular complexity index is 1070. The Morgan fingerprint density at radius 3 is 2.63 bits per heavy atom. The Morgan fingerprint density at radius 1 is 1.30 bits per heavy atom. The molecule has 0 radical (unpaired) electrons. The van der Waals surface area contributed by atoms with E-state index in [1.165, 1.54) is 12.1 Å². The topological polar surface area (TPSA) is 83.9 Å². The number of carboxylic acids is 1. The van der Waals surface area contributed by atoms with Crippen LogP contribution in [0.4, 0.5) is 18.9 Å². The van der Waals surface area contributed by atoms with E-state index in [0.717, 1.165) is 22.5 Å². The lowest BCUT2D eigenvalue weighted by molar-refractivity contribution is -0.139. The van der Waals surface area contributed by atoms with Crippen molar-refractivity contribution in [2.24, 2.45) is 5.92 Å². The minimum atomic E-state index is -4.70. The Hall–Kier alpha value is -2.27. The maximum Gasteiger partial charge on any atom is 0.416 e. The molecule has 6 nitrogen and oxygen atoms in total. The number of fused-ring (bicyclic) bond motifs is 1. The lowest BCUT2D eigenvalue weighted by atomic mass is 9.99. The van der Waals surface area contributed by atoms with Crippen molar-refractivity contribution in [3.63, 3.8) is 0 Å². The normalized spacial score (nSPS) is 17.8. The smallest absolute Gasteiger partial charge is 0.416 e. The summed E-state index contributed by atoms with van der Waals surface area (Å²) in [5.74, 6) is -1.42. The van der Waals surface area contributed by atoms with Crippen molar-refractivity contribution in [3.05, 3.63) is 52.5 Å². The summed E-state index contributed by atoms with van der Waals surface area (Å²) in [5, 5.41) is 9.06. The molecule has 0 fully saturated rings. The van der Waals surface area contributed by atoms with E-state index in [1.807, 2.05) is 0 Å².